The van der Waals surface area contributed by atoms with Crippen molar-refractivity contribution in [2.24, 2.45) is 4.99 Å². The lowest BCUT2D eigenvalue weighted by molar-refractivity contribution is 0.565. The number of isocyanates is 1. The normalized spacial score (nSPS) is 7.75. The van der Waals surface area contributed by atoms with E-state index in [1.165, 1.54) is 6.08 Å². The summed E-state index contributed by atoms with van der Waals surface area (Å²) >= 11 is 5.64. The molecule has 1 aromatic rings. The Morgan fingerprint density at radius 1 is 1.25 bits per heavy atom. The zero-order valence-electron chi connectivity index (χ0n) is 6.04. The zero-order chi connectivity index (χ0) is 8.81. The summed E-state index contributed by atoms with van der Waals surface area (Å²) < 4.78 is 0. The summed E-state index contributed by atoms with van der Waals surface area (Å²) in [7, 11) is 0. The van der Waals surface area contributed by atoms with Crippen molar-refractivity contribution < 1.29 is 4.79 Å². The highest BCUT2D eigenvalue weighted by atomic mass is 35.5. The fourth-order valence-electron chi connectivity index (χ4n) is 0.649. The summed E-state index contributed by atoms with van der Waals surface area (Å²) in [4.78, 5) is 12.7. The molecule has 0 heterocycles. The number of rotatable bonds is 0. The van der Waals surface area contributed by atoms with Crippen LogP contribution in [0.4, 0.5) is 0 Å². The predicted octanol–water partition coefficient (Wildman–Crippen LogP) is 1.98. The first-order valence-electron chi connectivity index (χ1n) is 3.16. The van der Waals surface area contributed by atoms with Crippen LogP contribution in [0.25, 0.3) is 0 Å². The third kappa shape index (κ3) is 2.59. The van der Waals surface area contributed by atoms with Crippen molar-refractivity contribution in [3.8, 4) is 12.0 Å². The van der Waals surface area contributed by atoms with Gasteiger partial charge in [0.2, 0.25) is 6.08 Å². The molecule has 0 saturated carbocycles. The number of carbonyl (C=O) groups excluding carboxylic acids is 1. The summed E-state index contributed by atoms with van der Waals surface area (Å²) in [5.41, 5.74) is 0.762. The quantitative estimate of drug-likeness (QED) is 0.339. The first-order chi connectivity index (χ1) is 5.83. The number of benzene rings is 1. The Labute approximate surface area is 74.9 Å². The molecule has 0 atom stereocenters. The minimum Gasteiger partial charge on any atom is -0.210 e. The number of aliphatic imine (C=N–C) groups is 1. The maximum atomic E-state index is 9.63. The van der Waals surface area contributed by atoms with Crippen molar-refractivity contribution >= 4 is 17.7 Å². The standard InChI is InChI=1S/C9H4ClNO/c10-9-3-1-8(2-4-9)5-6-11-7-12/h1-4H. The van der Waals surface area contributed by atoms with Crippen molar-refractivity contribution in [2.75, 3.05) is 0 Å². The molecule has 0 bridgehead atoms. The molecule has 2 nitrogen and oxygen atoms in total. The van der Waals surface area contributed by atoms with E-state index in [9.17, 15) is 4.79 Å². The number of halogens is 1. The van der Waals surface area contributed by atoms with Crippen molar-refractivity contribution in [3.05, 3.63) is 34.9 Å². The van der Waals surface area contributed by atoms with E-state index in [0.29, 0.717) is 5.02 Å². The molecule has 1 aromatic carbocycles. The molecule has 0 aliphatic heterocycles. The van der Waals surface area contributed by atoms with E-state index in [1.807, 2.05) is 0 Å². The minimum atomic E-state index is 0.652. The Bertz CT molecular complexity index is 366. The van der Waals surface area contributed by atoms with Crippen molar-refractivity contribution in [1.82, 2.24) is 0 Å². The molecule has 0 radical (unpaired) electrons. The fraction of sp³-hybridized carbons (Fsp3) is 0. The molecule has 0 fully saturated rings. The second-order valence-corrected chi connectivity index (χ2v) is 2.38. The van der Waals surface area contributed by atoms with E-state index in [1.54, 1.807) is 24.3 Å². The number of hydrogen-bond donors (Lipinski definition) is 0. The van der Waals surface area contributed by atoms with Gasteiger partial charge in [0.25, 0.3) is 0 Å². The predicted molar refractivity (Wildman–Crippen MR) is 46.5 cm³/mol. The van der Waals surface area contributed by atoms with Gasteiger partial charge in [-0.3, -0.25) is 0 Å². The van der Waals surface area contributed by atoms with Gasteiger partial charge < -0.3 is 0 Å². The molecule has 0 spiro atoms. The van der Waals surface area contributed by atoms with Gasteiger partial charge in [-0.25, -0.2) is 4.79 Å². The third-order valence-corrected chi connectivity index (χ3v) is 1.40. The summed E-state index contributed by atoms with van der Waals surface area (Å²) in [6.07, 6.45) is 1.32. The molecule has 0 saturated heterocycles. The Hall–Kier alpha value is -1.55. The molecule has 0 N–H and O–H groups in total. The van der Waals surface area contributed by atoms with E-state index >= 15 is 0 Å². The molecular weight excluding hydrogens is 174 g/mol. The van der Waals surface area contributed by atoms with Gasteiger partial charge in [0.15, 0.2) is 0 Å². The van der Waals surface area contributed by atoms with E-state index in [2.05, 4.69) is 17.0 Å². The van der Waals surface area contributed by atoms with Gasteiger partial charge in [0, 0.05) is 10.6 Å². The highest BCUT2D eigenvalue weighted by molar-refractivity contribution is 6.30. The highest BCUT2D eigenvalue weighted by Gasteiger charge is 1.85. The molecule has 58 valence electrons. The highest BCUT2D eigenvalue weighted by Crippen LogP contribution is 2.07. The molecule has 0 amide bonds. The van der Waals surface area contributed by atoms with Crippen LogP contribution in [0, 0.1) is 12.0 Å². The molecular formula is C9H4ClNO. The summed E-state index contributed by atoms with van der Waals surface area (Å²) in [5.74, 6) is 2.63. The molecule has 3 heteroatoms. The molecule has 12 heavy (non-hydrogen) atoms. The van der Waals surface area contributed by atoms with Crippen LogP contribution in [0.15, 0.2) is 29.3 Å². The number of nitrogens with zero attached hydrogens (tertiary/aromatic N) is 1. The van der Waals surface area contributed by atoms with E-state index in [0.717, 1.165) is 5.56 Å². The van der Waals surface area contributed by atoms with Crippen molar-refractivity contribution in [1.29, 1.82) is 0 Å². The number of hydrogen-bond acceptors (Lipinski definition) is 2. The van der Waals surface area contributed by atoms with E-state index in [4.69, 9.17) is 11.6 Å². The zero-order valence-corrected chi connectivity index (χ0v) is 6.80. The average molecular weight is 178 g/mol. The smallest absolute Gasteiger partial charge is 0.210 e. The van der Waals surface area contributed by atoms with E-state index < -0.39 is 0 Å². The van der Waals surface area contributed by atoms with Crippen LogP contribution in [0.3, 0.4) is 0 Å². The monoisotopic (exact) mass is 177 g/mol. The summed E-state index contributed by atoms with van der Waals surface area (Å²) in [6, 6.07) is 9.21. The SMILES string of the molecule is O=C=NC#Cc1ccc(Cl)cc1. The molecule has 0 aliphatic carbocycles. The van der Waals surface area contributed by atoms with Crippen LogP contribution < -0.4 is 0 Å². The van der Waals surface area contributed by atoms with Gasteiger partial charge in [-0.2, -0.15) is 0 Å². The third-order valence-electron chi connectivity index (χ3n) is 1.15. The second kappa shape index (κ2) is 4.35. The molecule has 0 aromatic heterocycles. The fourth-order valence-corrected chi connectivity index (χ4v) is 0.775. The lowest BCUT2D eigenvalue weighted by atomic mass is 10.2. The van der Waals surface area contributed by atoms with Crippen LogP contribution in [-0.2, 0) is 4.79 Å². The average Bonchev–Trinajstić information content (AvgIpc) is 2.09. The largest absolute Gasteiger partial charge is 0.249 e. The van der Waals surface area contributed by atoms with Gasteiger partial charge in [0.1, 0.15) is 0 Å². The summed E-state index contributed by atoms with van der Waals surface area (Å²) in [6.45, 7) is 0. The van der Waals surface area contributed by atoms with E-state index in [-0.39, 0.29) is 0 Å². The van der Waals surface area contributed by atoms with Gasteiger partial charge in [-0.15, -0.1) is 4.99 Å². The Morgan fingerprint density at radius 2 is 1.92 bits per heavy atom. The Morgan fingerprint density at radius 3 is 2.50 bits per heavy atom. The van der Waals surface area contributed by atoms with Crippen LogP contribution in [-0.4, -0.2) is 6.08 Å². The van der Waals surface area contributed by atoms with Crippen molar-refractivity contribution in [2.45, 2.75) is 0 Å². The lowest BCUT2D eigenvalue weighted by Gasteiger charge is -1.88. The second-order valence-electron chi connectivity index (χ2n) is 1.95. The van der Waals surface area contributed by atoms with Gasteiger partial charge in [-0.05, 0) is 30.2 Å². The summed E-state index contributed by atoms with van der Waals surface area (Å²) in [5, 5.41) is 0.652. The lowest BCUT2D eigenvalue weighted by Crippen LogP contribution is -1.70. The molecule has 0 aliphatic rings. The first-order valence-corrected chi connectivity index (χ1v) is 3.54. The molecule has 0 unspecified atom stereocenters. The van der Waals surface area contributed by atoms with Crippen molar-refractivity contribution in [3.63, 3.8) is 0 Å². The first kappa shape index (κ1) is 8.55. The minimum absolute atomic E-state index is 0.652. The van der Waals surface area contributed by atoms with Gasteiger partial charge in [-0.1, -0.05) is 11.6 Å². The van der Waals surface area contributed by atoms with Crippen LogP contribution in [0.2, 0.25) is 5.02 Å². The maximum absolute atomic E-state index is 9.63. The molecule has 1 rings (SSSR count). The Balaban J connectivity index is 2.86. The van der Waals surface area contributed by atoms with Crippen LogP contribution in [0.1, 0.15) is 5.56 Å². The van der Waals surface area contributed by atoms with Crippen LogP contribution >= 0.6 is 11.6 Å². The van der Waals surface area contributed by atoms with Crippen LogP contribution in [0.5, 0.6) is 0 Å². The maximum Gasteiger partial charge on any atom is 0.249 e. The van der Waals surface area contributed by atoms with Gasteiger partial charge in [0.05, 0.1) is 6.04 Å². The van der Waals surface area contributed by atoms with Gasteiger partial charge >= 0.3 is 0 Å². The Kier molecular flexibility index (Phi) is 3.10. The topological polar surface area (TPSA) is 29.4 Å².